The average molecular weight is 248 g/mol. The molecule has 0 spiro atoms. The van der Waals surface area contributed by atoms with Crippen molar-refractivity contribution in [3.8, 4) is 0 Å². The zero-order valence-electron chi connectivity index (χ0n) is 12.2. The van der Waals surface area contributed by atoms with Gasteiger partial charge >= 0.3 is 0 Å². The number of aromatic nitrogens is 4. The Kier molecular flexibility index (Phi) is 4.33. The summed E-state index contributed by atoms with van der Waals surface area (Å²) in [5.74, 6) is 0. The van der Waals surface area contributed by atoms with Gasteiger partial charge < -0.3 is 4.98 Å². The van der Waals surface area contributed by atoms with Gasteiger partial charge in [0.05, 0.1) is 6.33 Å². The summed E-state index contributed by atoms with van der Waals surface area (Å²) in [6.45, 7) is 12.9. The summed E-state index contributed by atoms with van der Waals surface area (Å²) >= 11 is 0. The number of imidazole rings is 1. The minimum absolute atomic E-state index is 0.205. The van der Waals surface area contributed by atoms with E-state index < -0.39 is 0 Å². The van der Waals surface area contributed by atoms with Crippen molar-refractivity contribution in [2.45, 2.75) is 52.4 Å². The van der Waals surface area contributed by atoms with Gasteiger partial charge in [-0.05, 0) is 6.07 Å². The molecular formula is C14H24N4. The highest BCUT2D eigenvalue weighted by atomic mass is 15.1. The Bertz CT molecular complexity index is 383. The van der Waals surface area contributed by atoms with Gasteiger partial charge in [-0.1, -0.05) is 41.5 Å². The summed E-state index contributed by atoms with van der Waals surface area (Å²) in [6, 6.07) is 2.00. The van der Waals surface area contributed by atoms with Crippen LogP contribution in [-0.4, -0.2) is 20.2 Å². The van der Waals surface area contributed by atoms with Crippen molar-refractivity contribution in [1.29, 1.82) is 0 Å². The fraction of sp³-hybridized carbons (Fsp3) is 0.571. The Morgan fingerprint density at radius 2 is 1.56 bits per heavy atom. The second-order valence-electron chi connectivity index (χ2n) is 6.44. The lowest BCUT2D eigenvalue weighted by atomic mass is 9.93. The van der Waals surface area contributed by atoms with E-state index in [9.17, 15) is 0 Å². The van der Waals surface area contributed by atoms with Gasteiger partial charge in [0.15, 0.2) is 0 Å². The molecule has 2 aromatic rings. The standard InChI is InChI=1S/2C7H12N2/c1-7(2,3)6-4-8-5-9-6;1-7(2,3)6-4-5-8-9-6/h2*4-5H,1-3H3,(H,8,9). The van der Waals surface area contributed by atoms with Gasteiger partial charge in [-0.2, -0.15) is 5.10 Å². The summed E-state index contributed by atoms with van der Waals surface area (Å²) in [7, 11) is 0. The number of rotatable bonds is 0. The van der Waals surface area contributed by atoms with Crippen LogP contribution in [-0.2, 0) is 10.8 Å². The van der Waals surface area contributed by atoms with Gasteiger partial charge in [0.2, 0.25) is 0 Å². The third-order valence-electron chi connectivity index (χ3n) is 2.61. The first-order valence-corrected chi connectivity index (χ1v) is 6.20. The van der Waals surface area contributed by atoms with E-state index in [2.05, 4.69) is 61.7 Å². The van der Waals surface area contributed by atoms with Crippen LogP contribution < -0.4 is 0 Å². The highest BCUT2D eigenvalue weighted by Crippen LogP contribution is 2.18. The Labute approximate surface area is 109 Å². The lowest BCUT2D eigenvalue weighted by molar-refractivity contribution is 0.567. The second-order valence-corrected chi connectivity index (χ2v) is 6.44. The number of nitrogens with zero attached hydrogens (tertiary/aromatic N) is 2. The van der Waals surface area contributed by atoms with Crippen LogP contribution >= 0.6 is 0 Å². The quantitative estimate of drug-likeness (QED) is 0.750. The predicted molar refractivity (Wildman–Crippen MR) is 74.6 cm³/mol. The molecule has 0 atom stereocenters. The van der Waals surface area contributed by atoms with Gasteiger partial charge in [-0.25, -0.2) is 4.98 Å². The zero-order valence-corrected chi connectivity index (χ0v) is 12.2. The van der Waals surface area contributed by atoms with Crippen LogP contribution in [0.2, 0.25) is 0 Å². The van der Waals surface area contributed by atoms with Crippen LogP contribution in [0.4, 0.5) is 0 Å². The maximum atomic E-state index is 3.93. The number of H-pyrrole nitrogens is 2. The topological polar surface area (TPSA) is 57.4 Å². The first-order chi connectivity index (χ1) is 8.21. The molecule has 18 heavy (non-hydrogen) atoms. The highest BCUT2D eigenvalue weighted by Gasteiger charge is 2.14. The fourth-order valence-corrected chi connectivity index (χ4v) is 1.34. The van der Waals surface area contributed by atoms with Crippen LogP contribution in [0.25, 0.3) is 0 Å². The van der Waals surface area contributed by atoms with Crippen LogP contribution in [0.15, 0.2) is 24.8 Å². The van der Waals surface area contributed by atoms with Gasteiger partial charge in [0.25, 0.3) is 0 Å². The maximum absolute atomic E-state index is 3.93. The first kappa shape index (κ1) is 14.5. The zero-order chi connectivity index (χ0) is 13.8. The van der Waals surface area contributed by atoms with Crippen molar-refractivity contribution >= 4 is 0 Å². The van der Waals surface area contributed by atoms with E-state index in [1.54, 1.807) is 12.5 Å². The molecule has 4 heteroatoms. The molecule has 0 aliphatic rings. The Hall–Kier alpha value is -1.58. The van der Waals surface area contributed by atoms with E-state index in [4.69, 9.17) is 0 Å². The molecule has 0 aromatic carbocycles. The Morgan fingerprint density at radius 1 is 0.944 bits per heavy atom. The summed E-state index contributed by atoms with van der Waals surface area (Å²) in [4.78, 5) is 7.00. The van der Waals surface area contributed by atoms with E-state index in [0.717, 1.165) is 0 Å². The summed E-state index contributed by atoms with van der Waals surface area (Å²) < 4.78 is 0. The highest BCUT2D eigenvalue weighted by molar-refractivity contribution is 5.09. The molecule has 2 aromatic heterocycles. The molecule has 2 heterocycles. The summed E-state index contributed by atoms with van der Waals surface area (Å²) in [5, 5.41) is 6.79. The third-order valence-corrected chi connectivity index (χ3v) is 2.61. The van der Waals surface area contributed by atoms with Crippen LogP contribution in [0.3, 0.4) is 0 Å². The molecule has 0 unspecified atom stereocenters. The van der Waals surface area contributed by atoms with Crippen molar-refractivity contribution in [1.82, 2.24) is 20.2 Å². The van der Waals surface area contributed by atoms with Gasteiger partial charge in [0.1, 0.15) is 0 Å². The normalized spacial score (nSPS) is 11.9. The number of hydrogen-bond donors (Lipinski definition) is 2. The minimum Gasteiger partial charge on any atom is -0.348 e. The van der Waals surface area contributed by atoms with Crippen LogP contribution in [0.1, 0.15) is 52.9 Å². The molecule has 0 aliphatic carbocycles. The molecule has 4 nitrogen and oxygen atoms in total. The minimum atomic E-state index is 0.205. The Balaban J connectivity index is 0.000000180. The third kappa shape index (κ3) is 4.35. The monoisotopic (exact) mass is 248 g/mol. The Morgan fingerprint density at radius 3 is 1.78 bits per heavy atom. The smallest absolute Gasteiger partial charge is 0.0921 e. The molecule has 0 aliphatic heterocycles. The second kappa shape index (κ2) is 5.38. The number of nitrogens with one attached hydrogen (secondary N) is 2. The van der Waals surface area contributed by atoms with Crippen LogP contribution in [0, 0.1) is 0 Å². The molecule has 0 amide bonds. The predicted octanol–water partition coefficient (Wildman–Crippen LogP) is 3.41. The van der Waals surface area contributed by atoms with Gasteiger partial charge in [-0.15, -0.1) is 0 Å². The van der Waals surface area contributed by atoms with E-state index in [0.29, 0.717) is 0 Å². The molecular weight excluding hydrogens is 224 g/mol. The SMILES string of the molecule is CC(C)(C)c1ccn[nH]1.CC(C)(C)c1cnc[nH]1. The molecule has 0 bridgehead atoms. The number of hydrogen-bond acceptors (Lipinski definition) is 2. The lowest BCUT2D eigenvalue weighted by Gasteiger charge is -2.14. The van der Waals surface area contributed by atoms with E-state index in [1.807, 2.05) is 12.3 Å². The van der Waals surface area contributed by atoms with Crippen molar-refractivity contribution in [3.63, 3.8) is 0 Å². The summed E-state index contributed by atoms with van der Waals surface area (Å²) in [6.07, 6.45) is 5.35. The maximum Gasteiger partial charge on any atom is 0.0921 e. The molecule has 2 N–H and O–H groups in total. The van der Waals surface area contributed by atoms with Crippen molar-refractivity contribution in [2.75, 3.05) is 0 Å². The van der Waals surface area contributed by atoms with E-state index in [1.165, 1.54) is 11.4 Å². The van der Waals surface area contributed by atoms with Crippen molar-refractivity contribution in [3.05, 3.63) is 36.2 Å². The van der Waals surface area contributed by atoms with Gasteiger partial charge in [0, 0.05) is 34.6 Å². The molecule has 0 saturated carbocycles. The molecule has 0 fully saturated rings. The average Bonchev–Trinajstić information content (AvgIpc) is 2.91. The largest absolute Gasteiger partial charge is 0.348 e. The number of aromatic amines is 2. The van der Waals surface area contributed by atoms with Crippen molar-refractivity contribution in [2.24, 2.45) is 0 Å². The molecule has 100 valence electrons. The van der Waals surface area contributed by atoms with Crippen molar-refractivity contribution < 1.29 is 0 Å². The molecule has 0 saturated heterocycles. The fourth-order valence-electron chi connectivity index (χ4n) is 1.34. The van der Waals surface area contributed by atoms with Gasteiger partial charge in [-0.3, -0.25) is 5.10 Å². The van der Waals surface area contributed by atoms with E-state index in [-0.39, 0.29) is 10.8 Å². The van der Waals surface area contributed by atoms with Crippen LogP contribution in [0.5, 0.6) is 0 Å². The lowest BCUT2D eigenvalue weighted by Crippen LogP contribution is -2.11. The first-order valence-electron chi connectivity index (χ1n) is 6.20. The summed E-state index contributed by atoms with van der Waals surface area (Å²) in [5.41, 5.74) is 2.78. The molecule has 0 radical (unpaired) electrons. The van der Waals surface area contributed by atoms with E-state index >= 15 is 0 Å². The molecule has 2 rings (SSSR count).